The first-order valence-corrected chi connectivity index (χ1v) is 11.1. The van der Waals surface area contributed by atoms with E-state index < -0.39 is 10.0 Å². The van der Waals surface area contributed by atoms with Crippen LogP contribution in [0.1, 0.15) is 42.1 Å². The van der Waals surface area contributed by atoms with Crippen LogP contribution in [0, 0.1) is 6.92 Å². The fraction of sp³-hybridized carbons (Fsp3) is 0.632. The number of unbranched alkanes of at least 4 members (excludes halogenated alkanes) is 2. The fourth-order valence-corrected chi connectivity index (χ4v) is 4.55. The van der Waals surface area contributed by atoms with E-state index in [1.165, 1.54) is 4.31 Å². The molecule has 1 fully saturated rings. The quantitative estimate of drug-likeness (QED) is 0.663. The lowest BCUT2D eigenvalue weighted by Gasteiger charge is -2.28. The van der Waals surface area contributed by atoms with Crippen LogP contribution in [0.3, 0.4) is 0 Å². The molecule has 1 aliphatic heterocycles. The molecule has 1 aromatic carbocycles. The summed E-state index contributed by atoms with van der Waals surface area (Å²) in [5.41, 5.74) is 1.65. The van der Waals surface area contributed by atoms with Gasteiger partial charge in [0.25, 0.3) is 5.91 Å². The van der Waals surface area contributed by atoms with Crippen LogP contribution in [-0.4, -0.2) is 68.6 Å². The number of sulfonamides is 1. The van der Waals surface area contributed by atoms with Crippen LogP contribution >= 0.6 is 0 Å². The number of nitrogens with one attached hydrogen (secondary N) is 1. The number of piperazine rings is 1. The van der Waals surface area contributed by atoms with E-state index in [4.69, 9.17) is 0 Å². The molecule has 1 amide bonds. The predicted molar refractivity (Wildman–Crippen MR) is 105 cm³/mol. The molecule has 0 atom stereocenters. The van der Waals surface area contributed by atoms with Gasteiger partial charge in [0.2, 0.25) is 10.0 Å². The molecule has 1 heterocycles. The van der Waals surface area contributed by atoms with Gasteiger partial charge in [-0.2, -0.15) is 4.31 Å². The average molecular weight is 382 g/mol. The first-order valence-electron chi connectivity index (χ1n) is 9.48. The number of carbonyl (C=O) groups is 1. The third kappa shape index (κ3) is 6.07. The van der Waals surface area contributed by atoms with Crippen LogP contribution in [0.5, 0.6) is 0 Å². The number of aryl methyl sites for hydroxylation is 1. The van der Waals surface area contributed by atoms with Crippen molar-refractivity contribution in [2.75, 3.05) is 45.0 Å². The number of benzene rings is 1. The highest BCUT2D eigenvalue weighted by Crippen LogP contribution is 2.11. The minimum Gasteiger partial charge on any atom is -0.338 e. The van der Waals surface area contributed by atoms with Crippen molar-refractivity contribution in [3.63, 3.8) is 0 Å². The summed E-state index contributed by atoms with van der Waals surface area (Å²) in [5, 5.41) is 3.16. The van der Waals surface area contributed by atoms with E-state index in [9.17, 15) is 13.2 Å². The molecule has 1 aromatic rings. The van der Waals surface area contributed by atoms with Crippen molar-refractivity contribution in [3.8, 4) is 0 Å². The third-order valence-electron chi connectivity index (χ3n) is 4.67. The lowest BCUT2D eigenvalue weighted by Crippen LogP contribution is -2.48. The van der Waals surface area contributed by atoms with Crippen LogP contribution in [0.25, 0.3) is 0 Å². The molecule has 146 valence electrons. The van der Waals surface area contributed by atoms with E-state index >= 15 is 0 Å². The molecule has 0 radical (unpaired) electrons. The van der Waals surface area contributed by atoms with Gasteiger partial charge in [0, 0.05) is 44.8 Å². The standard InChI is InChI=1S/C19H31N3O3S/c1-3-4-5-11-21(19(23)18-8-6-7-17(2)16-18)14-15-26(24,25)22-12-9-20-10-13-22/h6-8,16,20H,3-5,9-15H2,1-2H3. The lowest BCUT2D eigenvalue weighted by molar-refractivity contribution is 0.0762. The average Bonchev–Trinajstić information content (AvgIpc) is 2.65. The molecule has 26 heavy (non-hydrogen) atoms. The fourth-order valence-electron chi connectivity index (χ4n) is 3.11. The predicted octanol–water partition coefficient (Wildman–Crippen LogP) is 1.86. The molecule has 0 spiro atoms. The second-order valence-electron chi connectivity index (χ2n) is 6.83. The monoisotopic (exact) mass is 381 g/mol. The van der Waals surface area contributed by atoms with E-state index in [0.29, 0.717) is 38.3 Å². The van der Waals surface area contributed by atoms with Gasteiger partial charge in [-0.15, -0.1) is 0 Å². The molecule has 7 heteroatoms. The first-order chi connectivity index (χ1) is 12.4. The third-order valence-corrected chi connectivity index (χ3v) is 6.52. The van der Waals surface area contributed by atoms with E-state index in [1.54, 1.807) is 11.0 Å². The smallest absolute Gasteiger partial charge is 0.253 e. The molecule has 0 aliphatic carbocycles. The molecular weight excluding hydrogens is 350 g/mol. The molecule has 6 nitrogen and oxygen atoms in total. The maximum absolute atomic E-state index is 12.9. The second-order valence-corrected chi connectivity index (χ2v) is 8.92. The summed E-state index contributed by atoms with van der Waals surface area (Å²) in [6.07, 6.45) is 2.98. The molecule has 1 N–H and O–H groups in total. The van der Waals surface area contributed by atoms with Crippen LogP contribution in [0.2, 0.25) is 0 Å². The summed E-state index contributed by atoms with van der Waals surface area (Å²) in [6, 6.07) is 7.48. The topological polar surface area (TPSA) is 69.7 Å². The summed E-state index contributed by atoms with van der Waals surface area (Å²) >= 11 is 0. The van der Waals surface area contributed by atoms with Gasteiger partial charge in [-0.1, -0.05) is 37.5 Å². The molecule has 1 aliphatic rings. The summed E-state index contributed by atoms with van der Waals surface area (Å²) in [7, 11) is -3.33. The largest absolute Gasteiger partial charge is 0.338 e. The van der Waals surface area contributed by atoms with Gasteiger partial charge in [0.1, 0.15) is 0 Å². The summed E-state index contributed by atoms with van der Waals surface area (Å²) < 4.78 is 26.7. The van der Waals surface area contributed by atoms with Crippen molar-refractivity contribution >= 4 is 15.9 Å². The Morgan fingerprint density at radius 2 is 1.92 bits per heavy atom. The minimum absolute atomic E-state index is 0.0172. The first kappa shape index (κ1) is 20.9. The Kier molecular flexibility index (Phi) is 8.06. The SMILES string of the molecule is CCCCCN(CCS(=O)(=O)N1CCNCC1)C(=O)c1cccc(C)c1. The highest BCUT2D eigenvalue weighted by Gasteiger charge is 2.25. The van der Waals surface area contributed by atoms with Crippen LogP contribution in [0.15, 0.2) is 24.3 Å². The van der Waals surface area contributed by atoms with Gasteiger partial charge in [0.05, 0.1) is 5.75 Å². The Morgan fingerprint density at radius 3 is 2.58 bits per heavy atom. The maximum Gasteiger partial charge on any atom is 0.253 e. The number of carbonyl (C=O) groups excluding carboxylic acids is 1. The highest BCUT2D eigenvalue weighted by atomic mass is 32.2. The number of rotatable bonds is 9. The van der Waals surface area contributed by atoms with E-state index in [-0.39, 0.29) is 18.2 Å². The normalized spacial score (nSPS) is 15.8. The van der Waals surface area contributed by atoms with Gasteiger partial charge in [-0.3, -0.25) is 4.79 Å². The molecule has 0 aromatic heterocycles. The van der Waals surface area contributed by atoms with E-state index in [0.717, 1.165) is 24.8 Å². The van der Waals surface area contributed by atoms with E-state index in [1.807, 2.05) is 25.1 Å². The molecule has 0 unspecified atom stereocenters. The lowest BCUT2D eigenvalue weighted by atomic mass is 10.1. The van der Waals surface area contributed by atoms with Crippen LogP contribution in [0.4, 0.5) is 0 Å². The van der Waals surface area contributed by atoms with Gasteiger partial charge < -0.3 is 10.2 Å². The number of hydrogen-bond acceptors (Lipinski definition) is 4. The Labute approximate surface area is 157 Å². The van der Waals surface area contributed by atoms with Gasteiger partial charge in [-0.25, -0.2) is 8.42 Å². The van der Waals surface area contributed by atoms with Crippen molar-refractivity contribution in [1.82, 2.24) is 14.5 Å². The molecule has 1 saturated heterocycles. The zero-order chi connectivity index (χ0) is 19.0. The van der Waals surface area contributed by atoms with Gasteiger partial charge in [0.15, 0.2) is 0 Å². The van der Waals surface area contributed by atoms with E-state index in [2.05, 4.69) is 12.2 Å². The number of amides is 1. The molecule has 0 saturated carbocycles. The minimum atomic E-state index is -3.33. The number of hydrogen-bond donors (Lipinski definition) is 1. The zero-order valence-corrected chi connectivity index (χ0v) is 16.7. The Morgan fingerprint density at radius 1 is 1.19 bits per heavy atom. The second kappa shape index (κ2) is 10.0. The van der Waals surface area contributed by atoms with Gasteiger partial charge in [-0.05, 0) is 25.5 Å². The van der Waals surface area contributed by atoms with Crippen LogP contribution in [-0.2, 0) is 10.0 Å². The van der Waals surface area contributed by atoms with Crippen molar-refractivity contribution in [2.45, 2.75) is 33.1 Å². The Balaban J connectivity index is 2.05. The van der Waals surface area contributed by atoms with Crippen molar-refractivity contribution < 1.29 is 13.2 Å². The van der Waals surface area contributed by atoms with Crippen molar-refractivity contribution in [1.29, 1.82) is 0 Å². The van der Waals surface area contributed by atoms with Crippen molar-refractivity contribution in [3.05, 3.63) is 35.4 Å². The highest BCUT2D eigenvalue weighted by molar-refractivity contribution is 7.89. The zero-order valence-electron chi connectivity index (χ0n) is 15.9. The summed E-state index contributed by atoms with van der Waals surface area (Å²) in [6.45, 7) is 7.27. The summed E-state index contributed by atoms with van der Waals surface area (Å²) in [5.74, 6) is -0.100. The summed E-state index contributed by atoms with van der Waals surface area (Å²) in [4.78, 5) is 14.6. The molecular formula is C19H31N3O3S. The molecule has 0 bridgehead atoms. The Bertz CT molecular complexity index is 685. The maximum atomic E-state index is 12.9. The van der Waals surface area contributed by atoms with Crippen molar-refractivity contribution in [2.24, 2.45) is 0 Å². The van der Waals surface area contributed by atoms with Gasteiger partial charge >= 0.3 is 0 Å². The van der Waals surface area contributed by atoms with Crippen LogP contribution < -0.4 is 5.32 Å². The molecule has 2 rings (SSSR count). The number of nitrogens with zero attached hydrogens (tertiary/aromatic N) is 2. The Hall–Kier alpha value is -1.44.